The van der Waals surface area contributed by atoms with Gasteiger partial charge < -0.3 is 20.1 Å². The van der Waals surface area contributed by atoms with Crippen molar-refractivity contribution in [3.05, 3.63) is 58.6 Å². The highest BCUT2D eigenvalue weighted by Crippen LogP contribution is 2.28. The summed E-state index contributed by atoms with van der Waals surface area (Å²) >= 11 is 5.80. The topological polar surface area (TPSA) is 76.7 Å². The first-order valence-corrected chi connectivity index (χ1v) is 9.51. The molecule has 0 atom stereocenters. The van der Waals surface area contributed by atoms with Gasteiger partial charge in [-0.3, -0.25) is 9.59 Å². The molecule has 2 rings (SSSR count). The lowest BCUT2D eigenvalue weighted by molar-refractivity contribution is -0.121. The van der Waals surface area contributed by atoms with Crippen LogP contribution in [0.15, 0.2) is 42.5 Å². The van der Waals surface area contributed by atoms with Crippen LogP contribution in [0.2, 0.25) is 5.02 Å². The van der Waals surface area contributed by atoms with Crippen molar-refractivity contribution in [3.63, 3.8) is 0 Å². The normalized spacial score (nSPS) is 10.2. The van der Waals surface area contributed by atoms with Gasteiger partial charge in [-0.25, -0.2) is 0 Å². The first-order chi connectivity index (χ1) is 13.5. The van der Waals surface area contributed by atoms with Gasteiger partial charge in [-0.2, -0.15) is 0 Å². The van der Waals surface area contributed by atoms with Crippen molar-refractivity contribution in [1.29, 1.82) is 0 Å². The molecule has 6 nitrogen and oxygen atoms in total. The third-order valence-corrected chi connectivity index (χ3v) is 4.18. The first-order valence-electron chi connectivity index (χ1n) is 9.13. The summed E-state index contributed by atoms with van der Waals surface area (Å²) in [4.78, 5) is 24.0. The molecule has 0 aliphatic heterocycles. The van der Waals surface area contributed by atoms with E-state index in [1.165, 1.54) is 0 Å². The van der Waals surface area contributed by atoms with Gasteiger partial charge in [-0.1, -0.05) is 24.6 Å². The molecule has 2 N–H and O–H groups in total. The zero-order valence-corrected chi connectivity index (χ0v) is 16.8. The van der Waals surface area contributed by atoms with E-state index in [1.807, 2.05) is 25.1 Å². The summed E-state index contributed by atoms with van der Waals surface area (Å²) in [6.07, 6.45) is 1.10. The highest BCUT2D eigenvalue weighted by atomic mass is 35.5. The highest BCUT2D eigenvalue weighted by Gasteiger charge is 2.09. The van der Waals surface area contributed by atoms with E-state index >= 15 is 0 Å². The van der Waals surface area contributed by atoms with E-state index in [-0.39, 0.29) is 24.8 Å². The standard InChI is InChI=1S/C21H25ClN2O4/c1-3-12-28-18-9-4-15(13-19(18)27-2)14-24-20(25)10-11-23-21(26)16-5-7-17(22)8-6-16/h4-9,13H,3,10-12,14H2,1-2H3,(H,23,26)(H,24,25). The summed E-state index contributed by atoms with van der Waals surface area (Å²) in [5, 5.41) is 6.11. The molecule has 0 fully saturated rings. The number of hydrogen-bond donors (Lipinski definition) is 2. The Morgan fingerprint density at radius 1 is 1.04 bits per heavy atom. The fourth-order valence-electron chi connectivity index (χ4n) is 2.44. The van der Waals surface area contributed by atoms with Crippen LogP contribution in [0.1, 0.15) is 35.7 Å². The van der Waals surface area contributed by atoms with Crippen molar-refractivity contribution >= 4 is 23.4 Å². The van der Waals surface area contributed by atoms with E-state index in [0.717, 1.165) is 12.0 Å². The molecule has 0 saturated carbocycles. The quantitative estimate of drug-likeness (QED) is 0.634. The zero-order chi connectivity index (χ0) is 20.4. The Kier molecular flexibility index (Phi) is 8.62. The maximum absolute atomic E-state index is 12.0. The maximum Gasteiger partial charge on any atom is 0.251 e. The number of benzene rings is 2. The van der Waals surface area contributed by atoms with Crippen LogP contribution in [0.3, 0.4) is 0 Å². The summed E-state index contributed by atoms with van der Waals surface area (Å²) in [7, 11) is 1.58. The number of nitrogens with one attached hydrogen (secondary N) is 2. The number of amides is 2. The lowest BCUT2D eigenvalue weighted by atomic mass is 10.2. The van der Waals surface area contributed by atoms with Crippen LogP contribution < -0.4 is 20.1 Å². The minimum absolute atomic E-state index is 0.151. The van der Waals surface area contributed by atoms with Gasteiger partial charge in [-0.15, -0.1) is 0 Å². The minimum Gasteiger partial charge on any atom is -0.493 e. The molecule has 150 valence electrons. The number of carbonyl (C=O) groups excluding carboxylic acids is 2. The molecule has 0 aromatic heterocycles. The SMILES string of the molecule is CCCOc1ccc(CNC(=O)CCNC(=O)c2ccc(Cl)cc2)cc1OC. The van der Waals surface area contributed by atoms with Crippen molar-refractivity contribution in [2.45, 2.75) is 26.3 Å². The predicted octanol–water partition coefficient (Wildman–Crippen LogP) is 3.57. The Morgan fingerprint density at radius 2 is 1.79 bits per heavy atom. The van der Waals surface area contributed by atoms with Crippen molar-refractivity contribution in [2.24, 2.45) is 0 Å². The molecular formula is C21H25ClN2O4. The monoisotopic (exact) mass is 404 g/mol. The second-order valence-electron chi connectivity index (χ2n) is 6.12. The van der Waals surface area contributed by atoms with Crippen LogP contribution in [0.4, 0.5) is 0 Å². The number of hydrogen-bond acceptors (Lipinski definition) is 4. The molecule has 28 heavy (non-hydrogen) atoms. The molecule has 0 aliphatic rings. The van der Waals surface area contributed by atoms with Gasteiger partial charge in [0, 0.05) is 30.1 Å². The molecule has 0 bridgehead atoms. The van der Waals surface area contributed by atoms with Gasteiger partial charge in [0.05, 0.1) is 13.7 Å². The molecule has 0 radical (unpaired) electrons. The molecule has 0 heterocycles. The predicted molar refractivity (Wildman–Crippen MR) is 109 cm³/mol. The Labute approximate surface area is 170 Å². The summed E-state index contributed by atoms with van der Waals surface area (Å²) < 4.78 is 11.0. The largest absolute Gasteiger partial charge is 0.493 e. The van der Waals surface area contributed by atoms with Crippen LogP contribution in [-0.2, 0) is 11.3 Å². The lowest BCUT2D eigenvalue weighted by Crippen LogP contribution is -2.30. The van der Waals surface area contributed by atoms with Crippen LogP contribution >= 0.6 is 11.6 Å². The number of methoxy groups -OCH3 is 1. The number of carbonyl (C=O) groups is 2. The average Bonchev–Trinajstić information content (AvgIpc) is 2.71. The Hall–Kier alpha value is -2.73. The van der Waals surface area contributed by atoms with Gasteiger partial charge in [-0.05, 0) is 48.4 Å². The Bertz CT molecular complexity index is 793. The number of halogens is 1. The van der Waals surface area contributed by atoms with Gasteiger partial charge in [0.1, 0.15) is 0 Å². The van der Waals surface area contributed by atoms with Crippen molar-refractivity contribution in [2.75, 3.05) is 20.3 Å². The van der Waals surface area contributed by atoms with Crippen molar-refractivity contribution in [3.8, 4) is 11.5 Å². The smallest absolute Gasteiger partial charge is 0.251 e. The van der Waals surface area contributed by atoms with E-state index in [1.54, 1.807) is 31.4 Å². The molecule has 2 amide bonds. The number of ether oxygens (including phenoxy) is 2. The fourth-order valence-corrected chi connectivity index (χ4v) is 2.56. The van der Waals surface area contributed by atoms with Crippen LogP contribution in [0, 0.1) is 0 Å². The van der Waals surface area contributed by atoms with E-state index in [0.29, 0.717) is 35.2 Å². The van der Waals surface area contributed by atoms with E-state index < -0.39 is 0 Å². The summed E-state index contributed by atoms with van der Waals surface area (Å²) in [6.45, 7) is 3.28. The lowest BCUT2D eigenvalue weighted by Gasteiger charge is -2.12. The van der Waals surface area contributed by atoms with Gasteiger partial charge in [0.15, 0.2) is 11.5 Å². The zero-order valence-electron chi connectivity index (χ0n) is 16.1. The Morgan fingerprint density at radius 3 is 2.46 bits per heavy atom. The highest BCUT2D eigenvalue weighted by molar-refractivity contribution is 6.30. The molecule has 0 spiro atoms. The second-order valence-corrected chi connectivity index (χ2v) is 6.56. The molecule has 0 aliphatic carbocycles. The van der Waals surface area contributed by atoms with Crippen LogP contribution in [-0.4, -0.2) is 32.1 Å². The van der Waals surface area contributed by atoms with Gasteiger partial charge in [0.25, 0.3) is 5.91 Å². The van der Waals surface area contributed by atoms with Gasteiger partial charge in [0.2, 0.25) is 5.91 Å². The molecule has 7 heteroatoms. The molecule has 2 aromatic carbocycles. The summed E-state index contributed by atoms with van der Waals surface area (Å²) in [6, 6.07) is 12.1. The average molecular weight is 405 g/mol. The molecule has 0 unspecified atom stereocenters. The van der Waals surface area contributed by atoms with E-state index in [4.69, 9.17) is 21.1 Å². The number of rotatable bonds is 10. The molecular weight excluding hydrogens is 380 g/mol. The van der Waals surface area contributed by atoms with E-state index in [9.17, 15) is 9.59 Å². The second kappa shape index (κ2) is 11.2. The van der Waals surface area contributed by atoms with Crippen LogP contribution in [0.25, 0.3) is 0 Å². The fraction of sp³-hybridized carbons (Fsp3) is 0.333. The van der Waals surface area contributed by atoms with Crippen molar-refractivity contribution < 1.29 is 19.1 Å². The third-order valence-electron chi connectivity index (χ3n) is 3.92. The molecule has 0 saturated heterocycles. The van der Waals surface area contributed by atoms with Gasteiger partial charge >= 0.3 is 0 Å². The maximum atomic E-state index is 12.0. The summed E-state index contributed by atoms with van der Waals surface area (Å²) in [5.74, 6) is 0.929. The van der Waals surface area contributed by atoms with Crippen molar-refractivity contribution in [1.82, 2.24) is 10.6 Å². The third kappa shape index (κ3) is 6.78. The Balaban J connectivity index is 1.76. The first kappa shape index (κ1) is 21.6. The van der Waals surface area contributed by atoms with Crippen LogP contribution in [0.5, 0.6) is 11.5 Å². The minimum atomic E-state index is -0.239. The van der Waals surface area contributed by atoms with E-state index in [2.05, 4.69) is 10.6 Å². The molecule has 2 aromatic rings. The summed E-state index contributed by atoms with van der Waals surface area (Å²) in [5.41, 5.74) is 1.40.